The Morgan fingerprint density at radius 1 is 1.58 bits per heavy atom. The van der Waals surface area contributed by atoms with E-state index in [2.05, 4.69) is 0 Å². The summed E-state index contributed by atoms with van der Waals surface area (Å²) in [5, 5.41) is 0. The van der Waals surface area contributed by atoms with Gasteiger partial charge < -0.3 is 4.42 Å². The highest BCUT2D eigenvalue weighted by Gasteiger charge is 2.27. The Hall–Kier alpha value is -1.31. The minimum absolute atomic E-state index is 0.228. The third-order valence-corrected chi connectivity index (χ3v) is 1.93. The minimum atomic E-state index is 0.228. The van der Waals surface area contributed by atoms with E-state index in [1.807, 2.05) is 6.07 Å². The number of furan rings is 1. The first-order chi connectivity index (χ1) is 5.86. The average molecular weight is 162 g/mol. The van der Waals surface area contributed by atoms with E-state index in [9.17, 15) is 4.79 Å². The predicted molar refractivity (Wildman–Crippen MR) is 45.5 cm³/mol. The summed E-state index contributed by atoms with van der Waals surface area (Å²) < 4.78 is 5.05. The van der Waals surface area contributed by atoms with Gasteiger partial charge in [-0.05, 0) is 37.1 Å². The van der Waals surface area contributed by atoms with Crippen molar-refractivity contribution in [1.82, 2.24) is 0 Å². The Bertz CT molecular complexity index is 292. The molecule has 1 saturated carbocycles. The standard InChI is InChI=1S/C10H10O2/c11-10(8-3-4-8)6-5-9-2-1-7-12-9/h1-2,5-8H,3-4H2/b6-5+. The maximum Gasteiger partial charge on any atom is 0.158 e. The summed E-state index contributed by atoms with van der Waals surface area (Å²) >= 11 is 0. The summed E-state index contributed by atoms with van der Waals surface area (Å²) in [4.78, 5) is 11.2. The zero-order valence-electron chi connectivity index (χ0n) is 6.69. The lowest BCUT2D eigenvalue weighted by molar-refractivity contribution is -0.115. The molecule has 1 aliphatic rings. The van der Waals surface area contributed by atoms with Gasteiger partial charge in [-0.25, -0.2) is 0 Å². The molecule has 1 aliphatic carbocycles. The highest BCUT2D eigenvalue weighted by molar-refractivity contribution is 5.96. The van der Waals surface area contributed by atoms with Gasteiger partial charge in [-0.2, -0.15) is 0 Å². The maximum absolute atomic E-state index is 11.2. The van der Waals surface area contributed by atoms with Crippen LogP contribution >= 0.6 is 0 Å². The summed E-state index contributed by atoms with van der Waals surface area (Å²) in [6.45, 7) is 0. The lowest BCUT2D eigenvalue weighted by atomic mass is 10.2. The van der Waals surface area contributed by atoms with E-state index in [0.717, 1.165) is 18.6 Å². The molecule has 1 heterocycles. The summed E-state index contributed by atoms with van der Waals surface area (Å²) in [6.07, 6.45) is 7.04. The molecule has 62 valence electrons. The van der Waals surface area contributed by atoms with E-state index >= 15 is 0 Å². The first-order valence-electron chi connectivity index (χ1n) is 4.12. The van der Waals surface area contributed by atoms with Crippen LogP contribution in [0.15, 0.2) is 28.9 Å². The SMILES string of the molecule is O=C(/C=C/c1ccco1)C1CC1. The number of ketones is 1. The Morgan fingerprint density at radius 3 is 3.00 bits per heavy atom. The van der Waals surface area contributed by atoms with Gasteiger partial charge >= 0.3 is 0 Å². The van der Waals surface area contributed by atoms with Crippen LogP contribution in [-0.4, -0.2) is 5.78 Å². The molecular weight excluding hydrogens is 152 g/mol. The van der Waals surface area contributed by atoms with Crippen molar-refractivity contribution >= 4 is 11.9 Å². The molecule has 0 aromatic carbocycles. The van der Waals surface area contributed by atoms with Crippen molar-refractivity contribution in [3.05, 3.63) is 30.2 Å². The van der Waals surface area contributed by atoms with Crippen molar-refractivity contribution in [1.29, 1.82) is 0 Å². The van der Waals surface area contributed by atoms with Gasteiger partial charge in [0.15, 0.2) is 5.78 Å². The molecule has 0 unspecified atom stereocenters. The molecule has 0 bridgehead atoms. The van der Waals surface area contributed by atoms with E-state index < -0.39 is 0 Å². The average Bonchev–Trinajstić information content (AvgIpc) is 2.80. The fourth-order valence-electron chi connectivity index (χ4n) is 1.05. The smallest absolute Gasteiger partial charge is 0.158 e. The van der Waals surface area contributed by atoms with Crippen LogP contribution in [-0.2, 0) is 4.79 Å². The lowest BCUT2D eigenvalue weighted by Crippen LogP contribution is -1.92. The third kappa shape index (κ3) is 1.64. The number of hydrogen-bond donors (Lipinski definition) is 0. The van der Waals surface area contributed by atoms with Crippen LogP contribution in [0, 0.1) is 5.92 Å². The quantitative estimate of drug-likeness (QED) is 0.638. The summed E-state index contributed by atoms with van der Waals surface area (Å²) in [5.74, 6) is 1.27. The van der Waals surface area contributed by atoms with Crippen LogP contribution in [0.1, 0.15) is 18.6 Å². The first-order valence-corrected chi connectivity index (χ1v) is 4.12. The normalized spacial score (nSPS) is 17.0. The van der Waals surface area contributed by atoms with Crippen LogP contribution in [0.5, 0.6) is 0 Å². The second-order valence-electron chi connectivity index (χ2n) is 3.03. The topological polar surface area (TPSA) is 30.2 Å². The monoisotopic (exact) mass is 162 g/mol. The highest BCUT2D eigenvalue weighted by atomic mass is 16.3. The Morgan fingerprint density at radius 2 is 2.42 bits per heavy atom. The fourth-order valence-corrected chi connectivity index (χ4v) is 1.05. The number of carbonyl (C=O) groups excluding carboxylic acids is 1. The molecule has 0 aliphatic heterocycles. The molecular formula is C10H10O2. The Kier molecular flexibility index (Phi) is 1.82. The van der Waals surface area contributed by atoms with E-state index in [-0.39, 0.29) is 5.78 Å². The zero-order valence-corrected chi connectivity index (χ0v) is 6.69. The molecule has 0 atom stereocenters. The van der Waals surface area contributed by atoms with Crippen molar-refractivity contribution in [3.8, 4) is 0 Å². The molecule has 0 spiro atoms. The number of allylic oxidation sites excluding steroid dienone is 1. The van der Waals surface area contributed by atoms with Gasteiger partial charge in [0.1, 0.15) is 5.76 Å². The molecule has 1 aromatic heterocycles. The van der Waals surface area contributed by atoms with Crippen molar-refractivity contribution in [3.63, 3.8) is 0 Å². The molecule has 1 aromatic rings. The molecule has 0 N–H and O–H groups in total. The lowest BCUT2D eigenvalue weighted by Gasteiger charge is -1.85. The Labute approximate surface area is 70.9 Å². The summed E-state index contributed by atoms with van der Waals surface area (Å²) in [6, 6.07) is 3.64. The van der Waals surface area contributed by atoms with E-state index in [1.54, 1.807) is 24.5 Å². The predicted octanol–water partition coefficient (Wildman–Crippen LogP) is 2.27. The van der Waals surface area contributed by atoms with Crippen LogP contribution < -0.4 is 0 Å². The molecule has 0 saturated heterocycles. The molecule has 1 fully saturated rings. The number of carbonyl (C=O) groups is 1. The number of rotatable bonds is 3. The van der Waals surface area contributed by atoms with Gasteiger partial charge in [0.25, 0.3) is 0 Å². The molecule has 0 radical (unpaired) electrons. The maximum atomic E-state index is 11.2. The van der Waals surface area contributed by atoms with Crippen LogP contribution in [0.3, 0.4) is 0 Å². The van der Waals surface area contributed by atoms with Crippen molar-refractivity contribution in [2.75, 3.05) is 0 Å². The van der Waals surface area contributed by atoms with Gasteiger partial charge in [0.05, 0.1) is 6.26 Å². The van der Waals surface area contributed by atoms with Crippen molar-refractivity contribution < 1.29 is 9.21 Å². The van der Waals surface area contributed by atoms with Crippen molar-refractivity contribution in [2.24, 2.45) is 5.92 Å². The molecule has 2 nitrogen and oxygen atoms in total. The summed E-state index contributed by atoms with van der Waals surface area (Å²) in [7, 11) is 0. The van der Waals surface area contributed by atoms with Gasteiger partial charge in [-0.1, -0.05) is 0 Å². The zero-order chi connectivity index (χ0) is 8.39. The molecule has 2 heteroatoms. The molecule has 0 amide bonds. The minimum Gasteiger partial charge on any atom is -0.465 e. The van der Waals surface area contributed by atoms with Gasteiger partial charge in [0.2, 0.25) is 0 Å². The first kappa shape index (κ1) is 7.35. The van der Waals surface area contributed by atoms with Gasteiger partial charge in [-0.15, -0.1) is 0 Å². The van der Waals surface area contributed by atoms with Crippen LogP contribution in [0.25, 0.3) is 6.08 Å². The third-order valence-electron chi connectivity index (χ3n) is 1.93. The van der Waals surface area contributed by atoms with Crippen LogP contribution in [0.2, 0.25) is 0 Å². The summed E-state index contributed by atoms with van der Waals surface area (Å²) in [5.41, 5.74) is 0. The Balaban J connectivity index is 1.97. The van der Waals surface area contributed by atoms with Crippen LogP contribution in [0.4, 0.5) is 0 Å². The van der Waals surface area contributed by atoms with Gasteiger partial charge in [0, 0.05) is 5.92 Å². The van der Waals surface area contributed by atoms with E-state index in [1.165, 1.54) is 0 Å². The second kappa shape index (κ2) is 2.97. The largest absolute Gasteiger partial charge is 0.465 e. The molecule has 2 rings (SSSR count). The second-order valence-corrected chi connectivity index (χ2v) is 3.03. The number of hydrogen-bond acceptors (Lipinski definition) is 2. The van der Waals surface area contributed by atoms with Gasteiger partial charge in [-0.3, -0.25) is 4.79 Å². The molecule has 12 heavy (non-hydrogen) atoms. The van der Waals surface area contributed by atoms with Crippen molar-refractivity contribution in [2.45, 2.75) is 12.8 Å². The van der Waals surface area contributed by atoms with E-state index in [4.69, 9.17) is 4.42 Å². The highest BCUT2D eigenvalue weighted by Crippen LogP contribution is 2.30. The fraction of sp³-hybridized carbons (Fsp3) is 0.300. The van der Waals surface area contributed by atoms with E-state index in [0.29, 0.717) is 5.92 Å².